The number of esters is 1. The number of ether oxygens (including phenoxy) is 1. The van der Waals surface area contributed by atoms with E-state index < -0.39 is 16.0 Å². The standard InChI is InChI=1S/C24H27NO4S/c1-5-29-24(26)16-23-21(17(2)3)15-22(19-9-7-6-8-10-19)25(23)30(27,28)20-13-11-18(4)12-14-20/h6-15,17H,5,16H2,1-4H3. The molecule has 0 saturated heterocycles. The summed E-state index contributed by atoms with van der Waals surface area (Å²) in [6.45, 7) is 7.86. The minimum absolute atomic E-state index is 0.0337. The molecule has 0 spiro atoms. The molecule has 158 valence electrons. The van der Waals surface area contributed by atoms with Crippen molar-refractivity contribution in [3.63, 3.8) is 0 Å². The van der Waals surface area contributed by atoms with E-state index in [1.165, 1.54) is 3.97 Å². The van der Waals surface area contributed by atoms with Gasteiger partial charge in [-0.15, -0.1) is 0 Å². The molecule has 0 atom stereocenters. The molecule has 1 aromatic heterocycles. The first-order chi connectivity index (χ1) is 14.3. The van der Waals surface area contributed by atoms with Gasteiger partial charge in [0.15, 0.2) is 0 Å². The molecule has 5 nitrogen and oxygen atoms in total. The topological polar surface area (TPSA) is 65.4 Å². The van der Waals surface area contributed by atoms with Gasteiger partial charge in [0.1, 0.15) is 0 Å². The summed E-state index contributed by atoms with van der Waals surface area (Å²) < 4.78 is 33.9. The predicted octanol–water partition coefficient (Wildman–Crippen LogP) is 4.93. The minimum atomic E-state index is -3.93. The molecule has 0 saturated carbocycles. The molecule has 0 aliphatic heterocycles. The lowest BCUT2D eigenvalue weighted by molar-refractivity contribution is -0.142. The molecule has 6 heteroatoms. The summed E-state index contributed by atoms with van der Waals surface area (Å²) in [7, 11) is -3.93. The molecule has 0 amide bonds. The summed E-state index contributed by atoms with van der Waals surface area (Å²) in [6, 6.07) is 18.0. The van der Waals surface area contributed by atoms with Gasteiger partial charge in [-0.1, -0.05) is 61.9 Å². The first-order valence-electron chi connectivity index (χ1n) is 10.0. The zero-order chi connectivity index (χ0) is 21.9. The lowest BCUT2D eigenvalue weighted by Crippen LogP contribution is -2.20. The Hall–Kier alpha value is -2.86. The summed E-state index contributed by atoms with van der Waals surface area (Å²) in [5.41, 5.74) is 3.55. The number of rotatable bonds is 7. The third kappa shape index (κ3) is 4.33. The fourth-order valence-corrected chi connectivity index (χ4v) is 5.04. The molecule has 1 heterocycles. The SMILES string of the molecule is CCOC(=O)Cc1c(C(C)C)cc(-c2ccccc2)n1S(=O)(=O)c1ccc(C)cc1. The maximum atomic E-state index is 13.7. The van der Waals surface area contributed by atoms with E-state index in [2.05, 4.69) is 0 Å². The molecular weight excluding hydrogens is 398 g/mol. The minimum Gasteiger partial charge on any atom is -0.466 e. The first-order valence-corrected chi connectivity index (χ1v) is 11.5. The highest BCUT2D eigenvalue weighted by molar-refractivity contribution is 7.90. The molecule has 0 radical (unpaired) electrons. The second-order valence-electron chi connectivity index (χ2n) is 7.52. The largest absolute Gasteiger partial charge is 0.466 e. The Morgan fingerprint density at radius 3 is 2.23 bits per heavy atom. The zero-order valence-corrected chi connectivity index (χ0v) is 18.6. The number of nitrogens with zero attached hydrogens (tertiary/aromatic N) is 1. The second kappa shape index (κ2) is 8.88. The zero-order valence-electron chi connectivity index (χ0n) is 17.8. The van der Waals surface area contributed by atoms with Crippen LogP contribution >= 0.6 is 0 Å². The summed E-state index contributed by atoms with van der Waals surface area (Å²) in [4.78, 5) is 12.5. The number of carbonyl (C=O) groups is 1. The number of aryl methyl sites for hydroxylation is 1. The van der Waals surface area contributed by atoms with Gasteiger partial charge in [0.25, 0.3) is 10.0 Å². The maximum Gasteiger partial charge on any atom is 0.311 e. The van der Waals surface area contributed by atoms with E-state index >= 15 is 0 Å². The van der Waals surface area contributed by atoms with Crippen LogP contribution in [-0.4, -0.2) is 25.0 Å². The lowest BCUT2D eigenvalue weighted by atomic mass is 10.0. The van der Waals surface area contributed by atoms with Gasteiger partial charge in [-0.3, -0.25) is 4.79 Å². The third-order valence-corrected chi connectivity index (χ3v) is 6.72. The van der Waals surface area contributed by atoms with Gasteiger partial charge in [-0.05, 0) is 49.1 Å². The van der Waals surface area contributed by atoms with Crippen molar-refractivity contribution in [1.29, 1.82) is 0 Å². The van der Waals surface area contributed by atoms with E-state index in [4.69, 9.17) is 4.74 Å². The summed E-state index contributed by atoms with van der Waals surface area (Å²) in [6.07, 6.45) is -0.112. The Morgan fingerprint density at radius 1 is 1.03 bits per heavy atom. The molecule has 0 unspecified atom stereocenters. The molecule has 30 heavy (non-hydrogen) atoms. The fraction of sp³-hybridized carbons (Fsp3) is 0.292. The van der Waals surface area contributed by atoms with Crippen LogP contribution in [0.15, 0.2) is 65.6 Å². The predicted molar refractivity (Wildman–Crippen MR) is 118 cm³/mol. The normalized spacial score (nSPS) is 11.6. The molecule has 3 aromatic rings. The molecule has 3 rings (SSSR count). The molecular formula is C24H27NO4S. The van der Waals surface area contributed by atoms with Crippen molar-refractivity contribution in [2.45, 2.75) is 44.9 Å². The van der Waals surface area contributed by atoms with Crippen LogP contribution in [0.25, 0.3) is 11.3 Å². The van der Waals surface area contributed by atoms with Crippen LogP contribution in [0, 0.1) is 6.92 Å². The van der Waals surface area contributed by atoms with Crippen molar-refractivity contribution in [3.05, 3.63) is 77.5 Å². The summed E-state index contributed by atoms with van der Waals surface area (Å²) in [5.74, 6) is -0.413. The van der Waals surface area contributed by atoms with Crippen LogP contribution < -0.4 is 0 Å². The van der Waals surface area contributed by atoms with Crippen molar-refractivity contribution in [2.24, 2.45) is 0 Å². The van der Waals surface area contributed by atoms with E-state index in [0.29, 0.717) is 11.4 Å². The molecule has 0 N–H and O–H groups in total. The second-order valence-corrected chi connectivity index (χ2v) is 9.30. The van der Waals surface area contributed by atoms with E-state index in [1.807, 2.05) is 57.2 Å². The quantitative estimate of drug-likeness (QED) is 0.504. The van der Waals surface area contributed by atoms with Gasteiger partial charge in [0, 0.05) is 5.69 Å². The van der Waals surface area contributed by atoms with Crippen molar-refractivity contribution in [1.82, 2.24) is 3.97 Å². The Morgan fingerprint density at radius 2 is 1.67 bits per heavy atom. The number of aromatic nitrogens is 1. The van der Waals surface area contributed by atoms with Crippen LogP contribution in [0.2, 0.25) is 0 Å². The average Bonchev–Trinajstić information content (AvgIpc) is 3.09. The molecule has 2 aromatic carbocycles. The Balaban J connectivity index is 2.31. The van der Waals surface area contributed by atoms with Gasteiger partial charge >= 0.3 is 5.97 Å². The summed E-state index contributed by atoms with van der Waals surface area (Å²) >= 11 is 0. The van der Waals surface area contributed by atoms with Crippen LogP contribution in [0.4, 0.5) is 0 Å². The Kier molecular flexibility index (Phi) is 6.46. The lowest BCUT2D eigenvalue weighted by Gasteiger charge is -2.16. The molecule has 0 fully saturated rings. The van der Waals surface area contributed by atoms with Crippen molar-refractivity contribution >= 4 is 16.0 Å². The Bertz CT molecular complexity index is 1130. The van der Waals surface area contributed by atoms with Crippen LogP contribution in [0.3, 0.4) is 0 Å². The van der Waals surface area contributed by atoms with E-state index in [9.17, 15) is 13.2 Å². The van der Waals surface area contributed by atoms with Crippen molar-refractivity contribution < 1.29 is 17.9 Å². The highest BCUT2D eigenvalue weighted by atomic mass is 32.2. The van der Waals surface area contributed by atoms with Crippen LogP contribution in [-0.2, 0) is 26.0 Å². The van der Waals surface area contributed by atoms with Gasteiger partial charge < -0.3 is 4.74 Å². The highest BCUT2D eigenvalue weighted by Gasteiger charge is 2.29. The number of hydrogen-bond acceptors (Lipinski definition) is 4. The Labute approximate surface area is 178 Å². The van der Waals surface area contributed by atoms with Gasteiger partial charge in [-0.25, -0.2) is 12.4 Å². The van der Waals surface area contributed by atoms with Crippen molar-refractivity contribution in [2.75, 3.05) is 6.61 Å². The molecule has 0 aliphatic rings. The van der Waals surface area contributed by atoms with E-state index in [0.717, 1.165) is 16.7 Å². The van der Waals surface area contributed by atoms with Gasteiger partial charge in [0.05, 0.1) is 23.6 Å². The molecule has 0 bridgehead atoms. The smallest absolute Gasteiger partial charge is 0.311 e. The molecule has 0 aliphatic carbocycles. The number of hydrogen-bond donors (Lipinski definition) is 0. The van der Waals surface area contributed by atoms with Crippen molar-refractivity contribution in [3.8, 4) is 11.3 Å². The third-order valence-electron chi connectivity index (χ3n) is 4.96. The van der Waals surface area contributed by atoms with Crippen LogP contribution in [0.5, 0.6) is 0 Å². The van der Waals surface area contributed by atoms with Crippen LogP contribution in [0.1, 0.15) is 43.5 Å². The monoisotopic (exact) mass is 425 g/mol. The van der Waals surface area contributed by atoms with E-state index in [1.54, 1.807) is 31.2 Å². The van der Waals surface area contributed by atoms with Gasteiger partial charge in [-0.2, -0.15) is 0 Å². The maximum absolute atomic E-state index is 13.7. The van der Waals surface area contributed by atoms with Gasteiger partial charge in [0.2, 0.25) is 0 Å². The fourth-order valence-electron chi connectivity index (χ4n) is 3.47. The average molecular weight is 426 g/mol. The number of carbonyl (C=O) groups excluding carboxylic acids is 1. The number of benzene rings is 2. The van der Waals surface area contributed by atoms with E-state index in [-0.39, 0.29) is 23.8 Å². The highest BCUT2D eigenvalue weighted by Crippen LogP contribution is 2.34. The first kappa shape index (κ1) is 21.8. The summed E-state index contributed by atoms with van der Waals surface area (Å²) in [5, 5.41) is 0.